The normalized spacial score (nSPS) is 12.6. The molecule has 0 radical (unpaired) electrons. The van der Waals surface area contributed by atoms with Crippen LogP contribution in [0.25, 0.3) is 0 Å². The predicted octanol–water partition coefficient (Wildman–Crippen LogP) is 2.89. The van der Waals surface area contributed by atoms with Gasteiger partial charge in [-0.3, -0.25) is 4.79 Å². The highest BCUT2D eigenvalue weighted by atomic mass is 32.2. The molecule has 7 heteroatoms. The molecule has 28 heavy (non-hydrogen) atoms. The fourth-order valence-corrected chi connectivity index (χ4v) is 4.19. The molecular weight excluding hydrogens is 376 g/mol. The van der Waals surface area contributed by atoms with Gasteiger partial charge in [0.15, 0.2) is 0 Å². The molecule has 0 saturated heterocycles. The highest BCUT2D eigenvalue weighted by molar-refractivity contribution is 7.89. The van der Waals surface area contributed by atoms with Crippen molar-refractivity contribution in [2.24, 2.45) is 0 Å². The zero-order valence-electron chi connectivity index (χ0n) is 17.0. The third-order valence-corrected chi connectivity index (χ3v) is 6.04. The Bertz CT molecular complexity index is 924. The van der Waals surface area contributed by atoms with Crippen LogP contribution in [0, 0.1) is 13.8 Å². The van der Waals surface area contributed by atoms with E-state index in [0.29, 0.717) is 12.1 Å². The molecule has 6 nitrogen and oxygen atoms in total. The minimum absolute atomic E-state index is 0.115. The summed E-state index contributed by atoms with van der Waals surface area (Å²) in [5, 5.41) is 0. The number of benzene rings is 2. The summed E-state index contributed by atoms with van der Waals surface area (Å²) in [6.07, 6.45) is 0. The van der Waals surface area contributed by atoms with Crippen LogP contribution in [0.5, 0.6) is 0 Å². The second-order valence-corrected chi connectivity index (χ2v) is 8.81. The Morgan fingerprint density at radius 2 is 1.79 bits per heavy atom. The third-order valence-electron chi connectivity index (χ3n) is 4.44. The molecule has 0 aliphatic rings. The van der Waals surface area contributed by atoms with Crippen molar-refractivity contribution >= 4 is 15.9 Å². The molecule has 0 saturated carbocycles. The van der Waals surface area contributed by atoms with Gasteiger partial charge in [-0.25, -0.2) is 13.1 Å². The summed E-state index contributed by atoms with van der Waals surface area (Å²) < 4.78 is 32.2. The van der Waals surface area contributed by atoms with Gasteiger partial charge in [-0.15, -0.1) is 0 Å². The van der Waals surface area contributed by atoms with Crippen molar-refractivity contribution in [1.29, 1.82) is 0 Å². The number of aryl methyl sites for hydroxylation is 2. The third kappa shape index (κ3) is 5.64. The standard InChI is InChI=1S/C21H28N2O4S/c1-15-6-7-19(16(2)12-15)13-23(4)21(24)18-8-10-20(11-9-18)28(25,26)22-17(3)14-27-5/h6-12,17,22H,13-14H2,1-5H3/t17-/m1/s1. The minimum Gasteiger partial charge on any atom is -0.383 e. The van der Waals surface area contributed by atoms with Crippen LogP contribution in [0.1, 0.15) is 34.0 Å². The number of nitrogens with one attached hydrogen (secondary N) is 1. The van der Waals surface area contributed by atoms with Crippen molar-refractivity contribution in [2.75, 3.05) is 20.8 Å². The zero-order valence-corrected chi connectivity index (χ0v) is 17.8. The number of rotatable bonds is 8. The van der Waals surface area contributed by atoms with Crippen LogP contribution in [0.2, 0.25) is 0 Å². The number of amides is 1. The molecule has 2 aromatic rings. The lowest BCUT2D eigenvalue weighted by Crippen LogP contribution is -2.35. The van der Waals surface area contributed by atoms with E-state index in [4.69, 9.17) is 4.74 Å². The second kappa shape index (κ2) is 9.32. The van der Waals surface area contributed by atoms with Crippen molar-refractivity contribution in [2.45, 2.75) is 38.3 Å². The topological polar surface area (TPSA) is 75.7 Å². The Balaban J connectivity index is 2.10. The Kier molecular flexibility index (Phi) is 7.35. The molecule has 0 bridgehead atoms. The van der Waals surface area contributed by atoms with Crippen LogP contribution in [-0.4, -0.2) is 46.0 Å². The van der Waals surface area contributed by atoms with Crippen LogP contribution in [0.3, 0.4) is 0 Å². The molecule has 1 amide bonds. The Hall–Kier alpha value is -2.22. The number of hydrogen-bond acceptors (Lipinski definition) is 4. The smallest absolute Gasteiger partial charge is 0.253 e. The highest BCUT2D eigenvalue weighted by Crippen LogP contribution is 2.16. The summed E-state index contributed by atoms with van der Waals surface area (Å²) in [6.45, 7) is 6.55. The van der Waals surface area contributed by atoms with E-state index in [1.807, 2.05) is 26.0 Å². The highest BCUT2D eigenvalue weighted by Gasteiger charge is 2.19. The number of methoxy groups -OCH3 is 1. The summed E-state index contributed by atoms with van der Waals surface area (Å²) >= 11 is 0. The molecule has 1 N–H and O–H groups in total. The molecule has 0 spiro atoms. The molecule has 2 aromatic carbocycles. The van der Waals surface area contributed by atoms with E-state index in [0.717, 1.165) is 11.1 Å². The molecule has 0 aliphatic carbocycles. The summed E-state index contributed by atoms with van der Waals surface area (Å²) in [5.41, 5.74) is 3.84. The minimum atomic E-state index is -3.66. The molecule has 0 aromatic heterocycles. The van der Waals surface area contributed by atoms with Gasteiger partial charge in [0.05, 0.1) is 11.5 Å². The lowest BCUT2D eigenvalue weighted by molar-refractivity contribution is 0.0785. The van der Waals surface area contributed by atoms with Crippen molar-refractivity contribution < 1.29 is 17.9 Å². The lowest BCUT2D eigenvalue weighted by Gasteiger charge is -2.19. The number of carbonyl (C=O) groups is 1. The average molecular weight is 405 g/mol. The van der Waals surface area contributed by atoms with Crippen molar-refractivity contribution in [3.05, 3.63) is 64.7 Å². The van der Waals surface area contributed by atoms with E-state index < -0.39 is 10.0 Å². The van der Waals surface area contributed by atoms with Gasteiger partial charge in [-0.05, 0) is 56.2 Å². The van der Waals surface area contributed by atoms with Crippen LogP contribution < -0.4 is 4.72 Å². The van der Waals surface area contributed by atoms with Crippen LogP contribution >= 0.6 is 0 Å². The van der Waals surface area contributed by atoms with Gasteiger partial charge in [0.2, 0.25) is 10.0 Å². The lowest BCUT2D eigenvalue weighted by atomic mass is 10.1. The first-order valence-electron chi connectivity index (χ1n) is 9.07. The van der Waals surface area contributed by atoms with Gasteiger partial charge < -0.3 is 9.64 Å². The second-order valence-electron chi connectivity index (χ2n) is 7.09. The molecule has 2 rings (SSSR count). The molecule has 1 atom stereocenters. The van der Waals surface area contributed by atoms with E-state index in [-0.39, 0.29) is 23.5 Å². The van der Waals surface area contributed by atoms with Crippen LogP contribution in [0.4, 0.5) is 0 Å². The predicted molar refractivity (Wildman–Crippen MR) is 110 cm³/mol. The molecular formula is C21H28N2O4S. The monoisotopic (exact) mass is 404 g/mol. The molecule has 152 valence electrons. The fourth-order valence-electron chi connectivity index (χ4n) is 2.96. The van der Waals surface area contributed by atoms with E-state index in [1.54, 1.807) is 18.9 Å². The van der Waals surface area contributed by atoms with Crippen molar-refractivity contribution in [1.82, 2.24) is 9.62 Å². The molecule has 0 aliphatic heterocycles. The zero-order chi connectivity index (χ0) is 20.9. The number of nitrogens with zero attached hydrogens (tertiary/aromatic N) is 1. The van der Waals surface area contributed by atoms with E-state index in [1.165, 1.54) is 36.9 Å². The summed E-state index contributed by atoms with van der Waals surface area (Å²) in [6, 6.07) is 11.8. The first-order chi connectivity index (χ1) is 13.1. The van der Waals surface area contributed by atoms with E-state index in [9.17, 15) is 13.2 Å². The van der Waals surface area contributed by atoms with Crippen LogP contribution in [0.15, 0.2) is 47.4 Å². The van der Waals surface area contributed by atoms with E-state index in [2.05, 4.69) is 10.8 Å². The quantitative estimate of drug-likeness (QED) is 0.734. The van der Waals surface area contributed by atoms with Gasteiger partial charge in [-0.1, -0.05) is 23.8 Å². The first kappa shape index (κ1) is 22.1. The number of carbonyl (C=O) groups excluding carboxylic acids is 1. The Labute approximate surface area is 167 Å². The summed E-state index contributed by atoms with van der Waals surface area (Å²) in [4.78, 5) is 14.4. The maximum Gasteiger partial charge on any atom is 0.253 e. The Morgan fingerprint density at radius 3 is 2.36 bits per heavy atom. The number of hydrogen-bond donors (Lipinski definition) is 1. The van der Waals surface area contributed by atoms with Gasteiger partial charge >= 0.3 is 0 Å². The summed E-state index contributed by atoms with van der Waals surface area (Å²) in [7, 11) is -0.408. The first-order valence-corrected chi connectivity index (χ1v) is 10.6. The van der Waals surface area contributed by atoms with Crippen LogP contribution in [-0.2, 0) is 21.3 Å². The molecule has 0 heterocycles. The summed E-state index contributed by atoms with van der Waals surface area (Å²) in [5.74, 6) is -0.162. The van der Waals surface area contributed by atoms with Gasteiger partial charge in [0.25, 0.3) is 5.91 Å². The van der Waals surface area contributed by atoms with Crippen molar-refractivity contribution in [3.8, 4) is 0 Å². The number of ether oxygens (including phenoxy) is 1. The maximum absolute atomic E-state index is 12.7. The maximum atomic E-state index is 12.7. The van der Waals surface area contributed by atoms with Gasteiger partial charge in [0, 0.05) is 32.3 Å². The molecule has 0 unspecified atom stereocenters. The van der Waals surface area contributed by atoms with Gasteiger partial charge in [0.1, 0.15) is 0 Å². The van der Waals surface area contributed by atoms with E-state index >= 15 is 0 Å². The SMILES string of the molecule is COC[C@@H](C)NS(=O)(=O)c1ccc(C(=O)N(C)Cc2ccc(C)cc2C)cc1. The molecule has 0 fully saturated rings. The Morgan fingerprint density at radius 1 is 1.14 bits per heavy atom. The van der Waals surface area contributed by atoms with Gasteiger partial charge in [-0.2, -0.15) is 0 Å². The largest absolute Gasteiger partial charge is 0.383 e. The van der Waals surface area contributed by atoms with Crippen molar-refractivity contribution in [3.63, 3.8) is 0 Å². The number of sulfonamides is 1. The fraction of sp³-hybridized carbons (Fsp3) is 0.381. The average Bonchev–Trinajstić information content (AvgIpc) is 2.63.